The normalized spacial score (nSPS) is 31.7. The highest BCUT2D eigenvalue weighted by molar-refractivity contribution is 4.76. The zero-order valence-electron chi connectivity index (χ0n) is 9.87. The monoisotopic (exact) mass is 199 g/mol. The molecule has 0 saturated carbocycles. The molecule has 0 aliphatic carbocycles. The first-order chi connectivity index (χ1) is 6.61. The third-order valence-corrected chi connectivity index (χ3v) is 3.04. The molecule has 1 heterocycles. The number of hydrogen-bond acceptors (Lipinski definition) is 2. The van der Waals surface area contributed by atoms with Gasteiger partial charge in [0.1, 0.15) is 0 Å². The zero-order valence-corrected chi connectivity index (χ0v) is 9.87. The van der Waals surface area contributed by atoms with Crippen molar-refractivity contribution in [1.82, 2.24) is 4.90 Å². The summed E-state index contributed by atoms with van der Waals surface area (Å²) in [5.41, 5.74) is 0. The topological polar surface area (TPSA) is 23.5 Å². The second kappa shape index (κ2) is 5.72. The molecule has 0 bridgehead atoms. The van der Waals surface area contributed by atoms with Gasteiger partial charge in [0.2, 0.25) is 0 Å². The Morgan fingerprint density at radius 2 is 1.86 bits per heavy atom. The molecule has 1 fully saturated rings. The molecule has 2 nitrogen and oxygen atoms in total. The van der Waals surface area contributed by atoms with Crippen LogP contribution in [0.2, 0.25) is 0 Å². The largest absolute Gasteiger partial charge is 0.392 e. The molecule has 3 unspecified atom stereocenters. The van der Waals surface area contributed by atoms with Gasteiger partial charge in [-0.2, -0.15) is 0 Å². The van der Waals surface area contributed by atoms with Crippen LogP contribution in [0.15, 0.2) is 0 Å². The summed E-state index contributed by atoms with van der Waals surface area (Å²) < 4.78 is 0. The van der Waals surface area contributed by atoms with E-state index in [9.17, 15) is 5.11 Å². The van der Waals surface area contributed by atoms with E-state index in [0.29, 0.717) is 0 Å². The number of piperidine rings is 1. The maximum atomic E-state index is 9.73. The Morgan fingerprint density at radius 3 is 2.36 bits per heavy atom. The van der Waals surface area contributed by atoms with Gasteiger partial charge in [0, 0.05) is 19.6 Å². The molecule has 1 aliphatic heterocycles. The fraction of sp³-hybridized carbons (Fsp3) is 1.00. The van der Waals surface area contributed by atoms with E-state index in [-0.39, 0.29) is 6.10 Å². The molecule has 0 aromatic rings. The van der Waals surface area contributed by atoms with Crippen molar-refractivity contribution in [2.75, 3.05) is 19.6 Å². The number of hydrogen-bond donors (Lipinski definition) is 1. The van der Waals surface area contributed by atoms with Gasteiger partial charge in [0.25, 0.3) is 0 Å². The SMILES string of the molecule is CCCC(O)CN1CC(C)CC(C)C1. The van der Waals surface area contributed by atoms with E-state index in [4.69, 9.17) is 0 Å². The molecule has 0 aromatic heterocycles. The maximum Gasteiger partial charge on any atom is 0.0667 e. The minimum atomic E-state index is -0.113. The molecule has 0 amide bonds. The second-order valence-corrected chi connectivity index (χ2v) is 5.11. The van der Waals surface area contributed by atoms with Crippen LogP contribution in [0.5, 0.6) is 0 Å². The number of aliphatic hydroxyl groups is 1. The quantitative estimate of drug-likeness (QED) is 0.749. The lowest BCUT2D eigenvalue weighted by atomic mass is 9.91. The Bertz CT molecular complexity index is 150. The molecule has 84 valence electrons. The van der Waals surface area contributed by atoms with Crippen molar-refractivity contribution < 1.29 is 5.11 Å². The average molecular weight is 199 g/mol. The number of rotatable bonds is 4. The van der Waals surface area contributed by atoms with Gasteiger partial charge in [-0.3, -0.25) is 0 Å². The van der Waals surface area contributed by atoms with Crippen molar-refractivity contribution in [2.45, 2.75) is 46.1 Å². The van der Waals surface area contributed by atoms with Crippen LogP contribution in [-0.2, 0) is 0 Å². The van der Waals surface area contributed by atoms with E-state index < -0.39 is 0 Å². The number of β-amino-alcohol motifs (C(OH)–C–C–N with tert-alkyl or cyclic N) is 1. The third kappa shape index (κ3) is 3.97. The minimum absolute atomic E-state index is 0.113. The lowest BCUT2D eigenvalue weighted by molar-refractivity contribution is 0.0656. The lowest BCUT2D eigenvalue weighted by Gasteiger charge is -2.36. The van der Waals surface area contributed by atoms with Crippen LogP contribution >= 0.6 is 0 Å². The van der Waals surface area contributed by atoms with E-state index in [1.54, 1.807) is 0 Å². The third-order valence-electron chi connectivity index (χ3n) is 3.04. The molecule has 14 heavy (non-hydrogen) atoms. The van der Waals surface area contributed by atoms with E-state index in [2.05, 4.69) is 25.7 Å². The fourth-order valence-electron chi connectivity index (χ4n) is 2.66. The van der Waals surface area contributed by atoms with Gasteiger partial charge < -0.3 is 10.0 Å². The summed E-state index contributed by atoms with van der Waals surface area (Å²) in [7, 11) is 0. The molecule has 1 saturated heterocycles. The molecule has 0 radical (unpaired) electrons. The van der Waals surface area contributed by atoms with Crippen LogP contribution in [0.25, 0.3) is 0 Å². The predicted molar refractivity (Wildman–Crippen MR) is 60.3 cm³/mol. The first-order valence-electron chi connectivity index (χ1n) is 6.02. The Balaban J connectivity index is 2.29. The van der Waals surface area contributed by atoms with E-state index >= 15 is 0 Å². The number of nitrogens with zero attached hydrogens (tertiary/aromatic N) is 1. The Morgan fingerprint density at radius 1 is 1.29 bits per heavy atom. The van der Waals surface area contributed by atoms with Crippen molar-refractivity contribution in [3.8, 4) is 0 Å². The summed E-state index contributed by atoms with van der Waals surface area (Å²) >= 11 is 0. The number of aliphatic hydroxyl groups excluding tert-OH is 1. The van der Waals surface area contributed by atoms with Crippen LogP contribution in [0.3, 0.4) is 0 Å². The van der Waals surface area contributed by atoms with Gasteiger partial charge in [-0.05, 0) is 24.7 Å². The molecule has 1 rings (SSSR count). The van der Waals surface area contributed by atoms with Crippen molar-refractivity contribution in [2.24, 2.45) is 11.8 Å². The van der Waals surface area contributed by atoms with Crippen LogP contribution in [0, 0.1) is 11.8 Å². The number of likely N-dealkylation sites (tertiary alicyclic amines) is 1. The molecule has 2 heteroatoms. The maximum absolute atomic E-state index is 9.73. The second-order valence-electron chi connectivity index (χ2n) is 5.11. The molecule has 1 aliphatic rings. The first-order valence-corrected chi connectivity index (χ1v) is 6.02. The zero-order chi connectivity index (χ0) is 10.6. The van der Waals surface area contributed by atoms with Gasteiger partial charge in [0.05, 0.1) is 6.10 Å². The minimum Gasteiger partial charge on any atom is -0.392 e. The van der Waals surface area contributed by atoms with Gasteiger partial charge in [0.15, 0.2) is 0 Å². The van der Waals surface area contributed by atoms with E-state index in [1.807, 2.05) is 0 Å². The highest BCUT2D eigenvalue weighted by Gasteiger charge is 2.22. The average Bonchev–Trinajstić information content (AvgIpc) is 2.01. The van der Waals surface area contributed by atoms with Crippen LogP contribution in [0.1, 0.15) is 40.0 Å². The summed E-state index contributed by atoms with van der Waals surface area (Å²) in [4.78, 5) is 2.43. The van der Waals surface area contributed by atoms with Crippen molar-refractivity contribution in [3.05, 3.63) is 0 Å². The molecular formula is C12H25NO. The van der Waals surface area contributed by atoms with Gasteiger partial charge in [-0.15, -0.1) is 0 Å². The van der Waals surface area contributed by atoms with Crippen molar-refractivity contribution >= 4 is 0 Å². The Labute approximate surface area is 88.3 Å². The standard InChI is InChI=1S/C12H25NO/c1-4-5-12(14)9-13-7-10(2)6-11(3)8-13/h10-12,14H,4-9H2,1-3H3. The summed E-state index contributed by atoms with van der Waals surface area (Å²) in [5, 5.41) is 9.73. The predicted octanol–water partition coefficient (Wildman–Crippen LogP) is 2.13. The summed E-state index contributed by atoms with van der Waals surface area (Å²) in [6, 6.07) is 0. The highest BCUT2D eigenvalue weighted by atomic mass is 16.3. The Kier molecular flexibility index (Phi) is 4.90. The smallest absolute Gasteiger partial charge is 0.0667 e. The summed E-state index contributed by atoms with van der Waals surface area (Å²) in [6.07, 6.45) is 3.26. The van der Waals surface area contributed by atoms with Crippen molar-refractivity contribution in [1.29, 1.82) is 0 Å². The van der Waals surface area contributed by atoms with Crippen LogP contribution in [-0.4, -0.2) is 35.7 Å². The van der Waals surface area contributed by atoms with Crippen LogP contribution in [0.4, 0.5) is 0 Å². The lowest BCUT2D eigenvalue weighted by Crippen LogP contribution is -2.42. The summed E-state index contributed by atoms with van der Waals surface area (Å²) in [5.74, 6) is 1.60. The van der Waals surface area contributed by atoms with Gasteiger partial charge >= 0.3 is 0 Å². The van der Waals surface area contributed by atoms with E-state index in [1.165, 1.54) is 19.5 Å². The van der Waals surface area contributed by atoms with Gasteiger partial charge in [-0.1, -0.05) is 27.2 Å². The molecule has 1 N–H and O–H groups in total. The molecule has 3 atom stereocenters. The van der Waals surface area contributed by atoms with E-state index in [0.717, 1.165) is 31.2 Å². The van der Waals surface area contributed by atoms with Crippen molar-refractivity contribution in [3.63, 3.8) is 0 Å². The fourth-order valence-corrected chi connectivity index (χ4v) is 2.66. The molecule has 0 spiro atoms. The molecule has 0 aromatic carbocycles. The van der Waals surface area contributed by atoms with Gasteiger partial charge in [-0.25, -0.2) is 0 Å². The first kappa shape index (κ1) is 12.0. The highest BCUT2D eigenvalue weighted by Crippen LogP contribution is 2.21. The van der Waals surface area contributed by atoms with Crippen LogP contribution < -0.4 is 0 Å². The Hall–Kier alpha value is -0.0800. The molecular weight excluding hydrogens is 174 g/mol. The summed E-state index contributed by atoms with van der Waals surface area (Å²) in [6.45, 7) is 9.98.